The lowest BCUT2D eigenvalue weighted by molar-refractivity contribution is -0.202. The van der Waals surface area contributed by atoms with Crippen LogP contribution in [0.3, 0.4) is 0 Å². The van der Waals surface area contributed by atoms with Gasteiger partial charge in [0.15, 0.2) is 12.1 Å². The fourth-order valence-corrected chi connectivity index (χ4v) is 3.61. The van der Waals surface area contributed by atoms with Gasteiger partial charge in [-0.25, -0.2) is 0 Å². The van der Waals surface area contributed by atoms with Crippen LogP contribution in [-0.2, 0) is 19.0 Å². The van der Waals surface area contributed by atoms with Gasteiger partial charge in [-0.2, -0.15) is 0 Å². The molecule has 27 heavy (non-hydrogen) atoms. The van der Waals surface area contributed by atoms with Crippen LogP contribution in [0, 0.1) is 11.8 Å². The zero-order valence-electron chi connectivity index (χ0n) is 18.2. The van der Waals surface area contributed by atoms with Gasteiger partial charge in [0.1, 0.15) is 13.2 Å². The summed E-state index contributed by atoms with van der Waals surface area (Å²) in [7, 11) is 0. The normalized spacial score (nSPS) is 18.0. The third-order valence-electron chi connectivity index (χ3n) is 5.63. The molecule has 1 saturated heterocycles. The van der Waals surface area contributed by atoms with Gasteiger partial charge in [-0.1, -0.05) is 78.6 Å². The molecule has 1 fully saturated rings. The first-order valence-corrected chi connectivity index (χ1v) is 11.5. The number of hydrogen-bond acceptors (Lipinski definition) is 4. The zero-order chi connectivity index (χ0) is 19.7. The van der Waals surface area contributed by atoms with Crippen LogP contribution in [0.4, 0.5) is 0 Å². The largest absolute Gasteiger partial charge is 0.381 e. The van der Waals surface area contributed by atoms with Gasteiger partial charge >= 0.3 is 0 Å². The van der Waals surface area contributed by atoms with Gasteiger partial charge in [-0.3, -0.25) is 4.79 Å². The lowest BCUT2D eigenvalue weighted by atomic mass is 10.0. The molecule has 1 rings (SSSR count). The number of ether oxygens (including phenoxy) is 3. The average Bonchev–Trinajstić information content (AvgIpc) is 2.68. The second kappa shape index (κ2) is 16.5. The van der Waals surface area contributed by atoms with Gasteiger partial charge in [-0.05, 0) is 25.2 Å². The predicted octanol–water partition coefficient (Wildman–Crippen LogP) is 5.92. The quantitative estimate of drug-likeness (QED) is 0.292. The summed E-state index contributed by atoms with van der Waals surface area (Å²) in [4.78, 5) is 11.1. The summed E-state index contributed by atoms with van der Waals surface area (Å²) in [5.74, 6) is 1.18. The summed E-state index contributed by atoms with van der Waals surface area (Å²) in [5.41, 5.74) is 0. The molecule has 0 aromatic carbocycles. The molecule has 0 aliphatic carbocycles. The molecule has 0 N–H and O–H groups in total. The number of Topliss-reactive ketones (excluding diaryl/α,β-unsaturated/α-hetero) is 1. The van der Waals surface area contributed by atoms with Gasteiger partial charge < -0.3 is 14.2 Å². The second-order valence-corrected chi connectivity index (χ2v) is 8.26. The molecule has 0 aromatic rings. The molecule has 0 aromatic heterocycles. The summed E-state index contributed by atoms with van der Waals surface area (Å²) in [6, 6.07) is 0. The number of unbranched alkanes of at least 4 members (excludes halogenated alkanes) is 7. The third kappa shape index (κ3) is 12.6. The first-order valence-electron chi connectivity index (χ1n) is 11.5. The molecule has 2 unspecified atom stereocenters. The van der Waals surface area contributed by atoms with E-state index < -0.39 is 0 Å². The van der Waals surface area contributed by atoms with Crippen LogP contribution in [0.15, 0.2) is 0 Å². The molecule has 0 radical (unpaired) electrons. The van der Waals surface area contributed by atoms with E-state index in [0.29, 0.717) is 5.92 Å². The Hall–Kier alpha value is -0.450. The lowest BCUT2D eigenvalue weighted by Gasteiger charge is -2.27. The minimum Gasteiger partial charge on any atom is -0.381 e. The number of carbonyl (C=O) groups is 1. The first-order chi connectivity index (χ1) is 13.2. The number of ketones is 1. The van der Waals surface area contributed by atoms with Gasteiger partial charge in [0.05, 0.1) is 0 Å². The molecule has 0 amide bonds. The number of hydrogen-bond donors (Lipinski definition) is 0. The van der Waals surface area contributed by atoms with Crippen LogP contribution < -0.4 is 0 Å². The van der Waals surface area contributed by atoms with Crippen molar-refractivity contribution in [2.24, 2.45) is 11.8 Å². The van der Waals surface area contributed by atoms with Crippen LogP contribution in [0.1, 0.15) is 97.8 Å². The highest BCUT2D eigenvalue weighted by molar-refractivity contribution is 5.81. The van der Waals surface area contributed by atoms with Crippen molar-refractivity contribution in [3.8, 4) is 0 Å². The van der Waals surface area contributed by atoms with Crippen molar-refractivity contribution >= 4 is 5.78 Å². The monoisotopic (exact) mass is 384 g/mol. The Balaban J connectivity index is 1.84. The van der Waals surface area contributed by atoms with Crippen LogP contribution in [-0.4, -0.2) is 38.5 Å². The molecule has 2 atom stereocenters. The van der Waals surface area contributed by atoms with E-state index in [1.165, 1.54) is 70.6 Å². The molecule has 4 heteroatoms. The van der Waals surface area contributed by atoms with Crippen molar-refractivity contribution in [2.75, 3.05) is 26.4 Å². The van der Waals surface area contributed by atoms with Crippen molar-refractivity contribution in [3.63, 3.8) is 0 Å². The van der Waals surface area contributed by atoms with Gasteiger partial charge in [-0.15, -0.1) is 0 Å². The van der Waals surface area contributed by atoms with Crippen molar-refractivity contribution in [3.05, 3.63) is 0 Å². The molecular formula is C23H44O4. The maximum absolute atomic E-state index is 11.1. The van der Waals surface area contributed by atoms with Crippen LogP contribution >= 0.6 is 0 Å². The van der Waals surface area contributed by atoms with Gasteiger partial charge in [0, 0.05) is 19.1 Å². The summed E-state index contributed by atoms with van der Waals surface area (Å²) < 4.78 is 16.8. The SMILES string of the molecule is CCCCC(CC)COCCCCCCCCCC(C)C1OCC(=O)CO1. The Morgan fingerprint density at radius 1 is 0.926 bits per heavy atom. The Kier molecular flexibility index (Phi) is 15.0. The topological polar surface area (TPSA) is 44.8 Å². The predicted molar refractivity (Wildman–Crippen MR) is 111 cm³/mol. The molecule has 160 valence electrons. The highest BCUT2D eigenvalue weighted by atomic mass is 16.7. The minimum absolute atomic E-state index is 0.0468. The smallest absolute Gasteiger partial charge is 0.184 e. The fourth-order valence-electron chi connectivity index (χ4n) is 3.61. The molecule has 0 bridgehead atoms. The van der Waals surface area contributed by atoms with Crippen LogP contribution in [0.2, 0.25) is 0 Å². The van der Waals surface area contributed by atoms with E-state index in [4.69, 9.17) is 14.2 Å². The Labute approximate surface area is 167 Å². The van der Waals surface area contributed by atoms with Crippen molar-refractivity contribution in [2.45, 2.75) is 104 Å². The number of carbonyl (C=O) groups excluding carboxylic acids is 1. The summed E-state index contributed by atoms with van der Waals surface area (Å²) in [6.07, 6.45) is 15.1. The van der Waals surface area contributed by atoms with E-state index in [-0.39, 0.29) is 25.3 Å². The molecule has 1 heterocycles. The van der Waals surface area contributed by atoms with Crippen molar-refractivity contribution in [1.29, 1.82) is 0 Å². The Bertz CT molecular complexity index is 348. The summed E-state index contributed by atoms with van der Waals surface area (Å²) >= 11 is 0. The standard InChI is InChI=1S/C23H44O4/c1-4-6-15-21(5-2)17-25-16-13-11-9-7-8-10-12-14-20(3)23-26-18-22(24)19-27-23/h20-21,23H,4-19H2,1-3H3. The highest BCUT2D eigenvalue weighted by Gasteiger charge is 2.24. The zero-order valence-corrected chi connectivity index (χ0v) is 18.2. The Morgan fingerprint density at radius 3 is 2.19 bits per heavy atom. The van der Waals surface area contributed by atoms with Crippen LogP contribution in [0.25, 0.3) is 0 Å². The van der Waals surface area contributed by atoms with E-state index in [1.54, 1.807) is 0 Å². The molecule has 0 saturated carbocycles. The third-order valence-corrected chi connectivity index (χ3v) is 5.63. The molecular weight excluding hydrogens is 340 g/mol. The van der Waals surface area contributed by atoms with E-state index in [9.17, 15) is 4.79 Å². The maximum Gasteiger partial charge on any atom is 0.184 e. The fraction of sp³-hybridized carbons (Fsp3) is 0.957. The Morgan fingerprint density at radius 2 is 1.56 bits per heavy atom. The highest BCUT2D eigenvalue weighted by Crippen LogP contribution is 2.20. The minimum atomic E-state index is -0.183. The molecule has 1 aliphatic rings. The van der Waals surface area contributed by atoms with Crippen molar-refractivity contribution < 1.29 is 19.0 Å². The second-order valence-electron chi connectivity index (χ2n) is 8.26. The van der Waals surface area contributed by atoms with Crippen LogP contribution in [0.5, 0.6) is 0 Å². The maximum atomic E-state index is 11.1. The summed E-state index contributed by atoms with van der Waals surface area (Å²) in [5, 5.41) is 0. The molecule has 0 spiro atoms. The molecule has 4 nitrogen and oxygen atoms in total. The van der Waals surface area contributed by atoms with Gasteiger partial charge in [0.25, 0.3) is 0 Å². The lowest BCUT2D eigenvalue weighted by Crippen LogP contribution is -2.36. The van der Waals surface area contributed by atoms with Crippen molar-refractivity contribution in [1.82, 2.24) is 0 Å². The number of rotatable bonds is 17. The van der Waals surface area contributed by atoms with Gasteiger partial charge in [0.2, 0.25) is 0 Å². The van der Waals surface area contributed by atoms with E-state index in [0.717, 1.165) is 25.6 Å². The summed E-state index contributed by atoms with van der Waals surface area (Å²) in [6.45, 7) is 9.03. The van der Waals surface area contributed by atoms with E-state index >= 15 is 0 Å². The van der Waals surface area contributed by atoms with E-state index in [1.807, 2.05) is 0 Å². The molecule has 1 aliphatic heterocycles. The van der Waals surface area contributed by atoms with E-state index in [2.05, 4.69) is 20.8 Å². The average molecular weight is 385 g/mol. The first kappa shape index (κ1) is 24.6.